The van der Waals surface area contributed by atoms with Crippen molar-refractivity contribution in [2.75, 3.05) is 11.9 Å². The monoisotopic (exact) mass is 469 g/mol. The maximum Gasteiger partial charge on any atom is 0.339 e. The van der Waals surface area contributed by atoms with Crippen LogP contribution in [0.3, 0.4) is 0 Å². The van der Waals surface area contributed by atoms with Gasteiger partial charge in [-0.3, -0.25) is 9.59 Å². The van der Waals surface area contributed by atoms with E-state index in [-0.39, 0.29) is 27.6 Å². The molecule has 0 bridgehead atoms. The first-order valence-corrected chi connectivity index (χ1v) is 10.6. The van der Waals surface area contributed by atoms with Crippen molar-refractivity contribution in [1.82, 2.24) is 0 Å². The molecule has 5 nitrogen and oxygen atoms in total. The number of ketones is 1. The Morgan fingerprint density at radius 3 is 2.19 bits per heavy atom. The fraction of sp³-hybridized carbons (Fsp3) is 0.160. The van der Waals surface area contributed by atoms with Crippen molar-refractivity contribution in [1.29, 1.82) is 0 Å². The third-order valence-corrected chi connectivity index (χ3v) is 5.85. The van der Waals surface area contributed by atoms with Gasteiger partial charge < -0.3 is 10.1 Å². The van der Waals surface area contributed by atoms with Crippen molar-refractivity contribution in [3.8, 4) is 0 Å². The summed E-state index contributed by atoms with van der Waals surface area (Å²) in [6.45, 7) is 5.08. The van der Waals surface area contributed by atoms with Crippen molar-refractivity contribution < 1.29 is 19.1 Å². The van der Waals surface area contributed by atoms with Crippen molar-refractivity contribution in [2.45, 2.75) is 20.8 Å². The van der Waals surface area contributed by atoms with E-state index in [0.717, 1.165) is 16.7 Å². The molecule has 0 aliphatic rings. The number of carbonyl (C=O) groups is 3. The minimum absolute atomic E-state index is 0.0788. The molecule has 0 atom stereocenters. The summed E-state index contributed by atoms with van der Waals surface area (Å²) >= 11 is 12.3. The van der Waals surface area contributed by atoms with Gasteiger partial charge in [-0.05, 0) is 55.7 Å². The highest BCUT2D eigenvalue weighted by Crippen LogP contribution is 2.32. The van der Waals surface area contributed by atoms with E-state index in [2.05, 4.69) is 5.32 Å². The summed E-state index contributed by atoms with van der Waals surface area (Å²) in [5.74, 6) is -1.69. The van der Waals surface area contributed by atoms with Gasteiger partial charge in [0.05, 0.1) is 21.3 Å². The Hall–Kier alpha value is -3.15. The van der Waals surface area contributed by atoms with Crippen LogP contribution in [0.15, 0.2) is 54.6 Å². The van der Waals surface area contributed by atoms with Crippen LogP contribution in [0.2, 0.25) is 10.0 Å². The van der Waals surface area contributed by atoms with E-state index in [1.54, 1.807) is 49.4 Å². The molecule has 0 heterocycles. The molecule has 164 valence electrons. The molecule has 32 heavy (non-hydrogen) atoms. The smallest absolute Gasteiger partial charge is 0.339 e. The highest BCUT2D eigenvalue weighted by Gasteiger charge is 2.21. The lowest BCUT2D eigenvalue weighted by Crippen LogP contribution is -2.22. The van der Waals surface area contributed by atoms with Gasteiger partial charge >= 0.3 is 5.97 Å². The Kier molecular flexibility index (Phi) is 7.33. The molecule has 0 radical (unpaired) electrons. The summed E-state index contributed by atoms with van der Waals surface area (Å²) < 4.78 is 5.15. The number of anilines is 1. The van der Waals surface area contributed by atoms with Crippen LogP contribution in [0.1, 0.15) is 43.0 Å². The number of halogens is 2. The fourth-order valence-electron chi connectivity index (χ4n) is 3.05. The number of ether oxygens (including phenoxy) is 1. The number of esters is 1. The Bertz CT molecular complexity index is 1220. The van der Waals surface area contributed by atoms with Gasteiger partial charge in [-0.15, -0.1) is 0 Å². The minimum Gasteiger partial charge on any atom is -0.452 e. The second-order valence-electron chi connectivity index (χ2n) is 7.35. The van der Waals surface area contributed by atoms with Crippen molar-refractivity contribution in [2.24, 2.45) is 0 Å². The maximum atomic E-state index is 13.0. The first-order valence-electron chi connectivity index (χ1n) is 9.81. The molecule has 1 N–H and O–H groups in total. The topological polar surface area (TPSA) is 72.5 Å². The highest BCUT2D eigenvalue weighted by atomic mass is 35.5. The lowest BCUT2D eigenvalue weighted by atomic mass is 9.96. The van der Waals surface area contributed by atoms with Gasteiger partial charge in [-0.2, -0.15) is 0 Å². The SMILES string of the molecule is Cc1ccc(C(=O)c2ccccc2C(=O)OCC(=O)Nc2c(Cl)ccc(C)c2Cl)cc1C. The van der Waals surface area contributed by atoms with Crippen LogP contribution in [0.25, 0.3) is 0 Å². The van der Waals surface area contributed by atoms with Crippen molar-refractivity contribution >= 4 is 46.5 Å². The second kappa shape index (κ2) is 9.98. The van der Waals surface area contributed by atoms with Crippen LogP contribution >= 0.6 is 23.2 Å². The minimum atomic E-state index is -0.783. The van der Waals surface area contributed by atoms with E-state index in [1.807, 2.05) is 19.9 Å². The second-order valence-corrected chi connectivity index (χ2v) is 8.14. The van der Waals surface area contributed by atoms with Crippen LogP contribution in [0.5, 0.6) is 0 Å². The van der Waals surface area contributed by atoms with Gasteiger partial charge in [0, 0.05) is 11.1 Å². The Labute approximate surface area is 196 Å². The molecule has 0 aromatic heterocycles. The summed E-state index contributed by atoms with van der Waals surface area (Å²) in [5, 5.41) is 3.13. The normalized spacial score (nSPS) is 10.5. The largest absolute Gasteiger partial charge is 0.452 e. The predicted octanol–water partition coefficient (Wildman–Crippen LogP) is 5.95. The summed E-state index contributed by atoms with van der Waals surface area (Å²) in [6, 6.07) is 15.0. The number of carbonyl (C=O) groups excluding carboxylic acids is 3. The molecule has 0 aliphatic heterocycles. The van der Waals surface area contributed by atoms with Crippen LogP contribution in [0.4, 0.5) is 5.69 Å². The molecule has 0 saturated heterocycles. The van der Waals surface area contributed by atoms with Gasteiger partial charge in [0.2, 0.25) is 0 Å². The van der Waals surface area contributed by atoms with Crippen molar-refractivity contribution in [3.63, 3.8) is 0 Å². The van der Waals surface area contributed by atoms with Gasteiger partial charge in [0.1, 0.15) is 0 Å². The molecule has 3 aromatic rings. The first kappa shape index (κ1) is 23.5. The van der Waals surface area contributed by atoms with E-state index < -0.39 is 18.5 Å². The van der Waals surface area contributed by atoms with E-state index in [9.17, 15) is 14.4 Å². The van der Waals surface area contributed by atoms with Crippen molar-refractivity contribution in [3.05, 3.63) is 98.0 Å². The molecular formula is C25H21Cl2NO4. The maximum absolute atomic E-state index is 13.0. The molecule has 0 aliphatic carbocycles. The van der Waals surface area contributed by atoms with E-state index >= 15 is 0 Å². The van der Waals surface area contributed by atoms with E-state index in [4.69, 9.17) is 27.9 Å². The molecule has 0 spiro atoms. The summed E-state index contributed by atoms with van der Waals surface area (Å²) in [7, 11) is 0. The molecule has 0 fully saturated rings. The highest BCUT2D eigenvalue weighted by molar-refractivity contribution is 6.40. The molecule has 7 heteroatoms. The zero-order valence-electron chi connectivity index (χ0n) is 17.8. The molecule has 3 rings (SSSR count). The number of amides is 1. The Morgan fingerprint density at radius 1 is 0.844 bits per heavy atom. The Morgan fingerprint density at radius 2 is 1.50 bits per heavy atom. The summed E-state index contributed by atoms with van der Waals surface area (Å²) in [6.07, 6.45) is 0. The molecule has 1 amide bonds. The first-order chi connectivity index (χ1) is 15.2. The number of nitrogens with one attached hydrogen (secondary N) is 1. The molecule has 0 unspecified atom stereocenters. The number of aryl methyl sites for hydroxylation is 3. The van der Waals surface area contributed by atoms with Crippen LogP contribution < -0.4 is 5.32 Å². The Balaban J connectivity index is 1.74. The third kappa shape index (κ3) is 5.18. The third-order valence-electron chi connectivity index (χ3n) is 5.04. The lowest BCUT2D eigenvalue weighted by Gasteiger charge is -2.12. The molecule has 3 aromatic carbocycles. The van der Waals surface area contributed by atoms with Gasteiger partial charge in [-0.25, -0.2) is 4.79 Å². The molecular weight excluding hydrogens is 449 g/mol. The van der Waals surface area contributed by atoms with Crippen LogP contribution in [0, 0.1) is 20.8 Å². The van der Waals surface area contributed by atoms with E-state index in [0.29, 0.717) is 10.6 Å². The molecule has 0 saturated carbocycles. The average molecular weight is 470 g/mol. The fourth-order valence-corrected chi connectivity index (χ4v) is 3.52. The standard InChI is InChI=1S/C25H21Cl2NO4/c1-14-8-10-17(12-16(14)3)24(30)18-6-4-5-7-19(18)25(31)32-13-21(29)28-23-20(26)11-9-15(2)22(23)27/h4-12H,13H2,1-3H3,(H,28,29). The van der Waals surface area contributed by atoms with Gasteiger partial charge in [0.15, 0.2) is 12.4 Å². The summed E-state index contributed by atoms with van der Waals surface area (Å²) in [4.78, 5) is 38.0. The predicted molar refractivity (Wildman–Crippen MR) is 126 cm³/mol. The number of benzene rings is 3. The quantitative estimate of drug-likeness (QED) is 0.357. The van der Waals surface area contributed by atoms with Gasteiger partial charge in [-0.1, -0.05) is 59.6 Å². The summed E-state index contributed by atoms with van der Waals surface area (Å²) in [5.41, 5.74) is 3.77. The zero-order chi connectivity index (χ0) is 23.4. The number of rotatable bonds is 6. The number of hydrogen-bond donors (Lipinski definition) is 1. The van der Waals surface area contributed by atoms with Crippen LogP contribution in [-0.2, 0) is 9.53 Å². The number of hydrogen-bond acceptors (Lipinski definition) is 4. The lowest BCUT2D eigenvalue weighted by molar-refractivity contribution is -0.119. The van der Waals surface area contributed by atoms with E-state index in [1.165, 1.54) is 6.07 Å². The van der Waals surface area contributed by atoms with Crippen LogP contribution in [-0.4, -0.2) is 24.3 Å². The average Bonchev–Trinajstić information content (AvgIpc) is 2.79. The zero-order valence-corrected chi connectivity index (χ0v) is 19.3. The van der Waals surface area contributed by atoms with Gasteiger partial charge in [0.25, 0.3) is 5.91 Å².